The molecule has 1 heterocycles. The van der Waals surface area contributed by atoms with E-state index >= 15 is 0 Å². The molecule has 0 aliphatic carbocycles. The summed E-state index contributed by atoms with van der Waals surface area (Å²) in [6.07, 6.45) is -1.17. The fourth-order valence-electron chi connectivity index (χ4n) is 3.45. The molecule has 1 fully saturated rings. The fourth-order valence-corrected chi connectivity index (χ4v) is 3.45. The van der Waals surface area contributed by atoms with Crippen molar-refractivity contribution >= 4 is 29.3 Å². The second-order valence-corrected chi connectivity index (χ2v) is 8.22. The lowest BCUT2D eigenvalue weighted by Crippen LogP contribution is -2.30. The Morgan fingerprint density at radius 3 is 2.09 bits per heavy atom. The summed E-state index contributed by atoms with van der Waals surface area (Å²) in [5, 5.41) is 0. The van der Waals surface area contributed by atoms with Gasteiger partial charge in [0.2, 0.25) is 11.7 Å². The fraction of sp³-hybridized carbons (Fsp3) is 0.360. The number of Topliss-reactive ketones (excluding diaryl/α,β-unsaturated/α-hetero) is 1. The van der Waals surface area contributed by atoms with Gasteiger partial charge in [-0.3, -0.25) is 14.4 Å². The Morgan fingerprint density at radius 1 is 0.906 bits per heavy atom. The van der Waals surface area contributed by atoms with E-state index in [1.165, 1.54) is 11.8 Å². The molecule has 1 aliphatic rings. The van der Waals surface area contributed by atoms with Crippen LogP contribution in [0.3, 0.4) is 0 Å². The smallest absolute Gasteiger partial charge is 0.338 e. The average molecular weight is 437 g/mol. The summed E-state index contributed by atoms with van der Waals surface area (Å²) >= 11 is 0. The molecule has 7 heteroatoms. The van der Waals surface area contributed by atoms with Crippen LogP contribution in [0.15, 0.2) is 48.5 Å². The van der Waals surface area contributed by atoms with Gasteiger partial charge >= 0.3 is 11.9 Å². The molecule has 2 aromatic rings. The van der Waals surface area contributed by atoms with Crippen LogP contribution >= 0.6 is 0 Å². The van der Waals surface area contributed by atoms with Gasteiger partial charge in [-0.25, -0.2) is 4.79 Å². The van der Waals surface area contributed by atoms with Crippen LogP contribution in [0.1, 0.15) is 53.5 Å². The number of nitrogens with zero attached hydrogens (tertiary/aromatic N) is 1. The number of amides is 1. The highest BCUT2D eigenvalue weighted by atomic mass is 16.5. The zero-order chi connectivity index (χ0) is 23.4. The molecule has 2 aromatic carbocycles. The van der Waals surface area contributed by atoms with Crippen molar-refractivity contribution in [3.63, 3.8) is 0 Å². The Hall–Kier alpha value is -3.48. The zero-order valence-corrected chi connectivity index (χ0v) is 18.7. The number of ether oxygens (including phenoxy) is 2. The van der Waals surface area contributed by atoms with E-state index in [0.29, 0.717) is 16.8 Å². The number of hydrogen-bond acceptors (Lipinski definition) is 6. The number of hydrogen-bond donors (Lipinski definition) is 0. The summed E-state index contributed by atoms with van der Waals surface area (Å²) in [4.78, 5) is 51.1. The largest absolute Gasteiger partial charge is 0.459 e. The van der Waals surface area contributed by atoms with E-state index in [1.807, 2.05) is 19.1 Å². The summed E-state index contributed by atoms with van der Waals surface area (Å²) < 4.78 is 10.5. The monoisotopic (exact) mass is 437 g/mol. The molecule has 2 atom stereocenters. The van der Waals surface area contributed by atoms with E-state index in [0.717, 1.165) is 5.56 Å². The molecule has 1 amide bonds. The minimum absolute atomic E-state index is 0.00141. The van der Waals surface area contributed by atoms with Crippen molar-refractivity contribution in [1.82, 2.24) is 0 Å². The van der Waals surface area contributed by atoms with E-state index in [9.17, 15) is 19.2 Å². The van der Waals surface area contributed by atoms with Crippen molar-refractivity contribution < 1.29 is 28.7 Å². The molecule has 1 aliphatic heterocycles. The number of anilines is 1. The lowest BCUT2D eigenvalue weighted by Gasteiger charge is -2.18. The molecule has 0 spiro atoms. The van der Waals surface area contributed by atoms with Crippen LogP contribution in [0.25, 0.3) is 0 Å². The highest BCUT2D eigenvalue weighted by Crippen LogP contribution is 2.27. The van der Waals surface area contributed by atoms with Gasteiger partial charge in [0.25, 0.3) is 0 Å². The van der Waals surface area contributed by atoms with Crippen molar-refractivity contribution in [3.8, 4) is 0 Å². The summed E-state index contributed by atoms with van der Waals surface area (Å²) in [6.45, 7) is 7.14. The van der Waals surface area contributed by atoms with Crippen molar-refractivity contribution in [2.45, 2.75) is 46.3 Å². The standard InChI is InChI=1S/C25H27NO6/c1-15(2)31-24(29)19-9-11-21(12-10-19)26-14-20(13-22(26)27)25(30)32-17(4)23(28)18-7-5-16(3)6-8-18/h5-12,15,17,20H,13-14H2,1-4H3/t17-,20-/m1/s1. The quantitative estimate of drug-likeness (QED) is 0.484. The minimum atomic E-state index is -0.944. The van der Waals surface area contributed by atoms with Crippen molar-refractivity contribution in [2.75, 3.05) is 11.4 Å². The average Bonchev–Trinajstić information content (AvgIpc) is 3.15. The molecule has 1 saturated heterocycles. The number of benzene rings is 2. The maximum absolute atomic E-state index is 12.6. The number of ketones is 1. The molecule has 0 bridgehead atoms. The number of carbonyl (C=O) groups excluding carboxylic acids is 4. The van der Waals surface area contributed by atoms with E-state index in [-0.39, 0.29) is 30.8 Å². The summed E-state index contributed by atoms with van der Waals surface area (Å²) in [5.41, 5.74) is 2.46. The molecule has 168 valence electrons. The van der Waals surface area contributed by atoms with Gasteiger partial charge in [0.15, 0.2) is 6.10 Å². The Morgan fingerprint density at radius 2 is 1.50 bits per heavy atom. The Labute approximate surface area is 187 Å². The van der Waals surface area contributed by atoms with Crippen molar-refractivity contribution in [2.24, 2.45) is 5.92 Å². The second-order valence-electron chi connectivity index (χ2n) is 8.22. The lowest BCUT2D eigenvalue weighted by atomic mass is 10.1. The molecule has 3 rings (SSSR count). The van der Waals surface area contributed by atoms with Crippen molar-refractivity contribution in [1.29, 1.82) is 0 Å². The van der Waals surface area contributed by atoms with Gasteiger partial charge in [-0.2, -0.15) is 0 Å². The van der Waals surface area contributed by atoms with Crippen LogP contribution in [0, 0.1) is 12.8 Å². The first-order chi connectivity index (χ1) is 15.2. The number of aryl methyl sites for hydroxylation is 1. The molecule has 0 N–H and O–H groups in total. The molecule has 7 nitrogen and oxygen atoms in total. The molecular formula is C25H27NO6. The molecule has 0 aromatic heterocycles. The summed E-state index contributed by atoms with van der Waals surface area (Å²) in [6, 6.07) is 13.5. The van der Waals surface area contributed by atoms with Gasteiger partial charge in [-0.05, 0) is 52.0 Å². The van der Waals surface area contributed by atoms with E-state index in [2.05, 4.69) is 0 Å². The number of rotatable bonds is 7. The van der Waals surface area contributed by atoms with E-state index < -0.39 is 24.0 Å². The van der Waals surface area contributed by atoms with Crippen LogP contribution in [0.4, 0.5) is 5.69 Å². The maximum atomic E-state index is 12.6. The molecule has 0 radical (unpaired) electrons. The lowest BCUT2D eigenvalue weighted by molar-refractivity contribution is -0.151. The van der Waals surface area contributed by atoms with E-state index in [1.54, 1.807) is 50.2 Å². The first-order valence-electron chi connectivity index (χ1n) is 10.6. The van der Waals surface area contributed by atoms with Crippen LogP contribution in [0.2, 0.25) is 0 Å². The third-order valence-electron chi connectivity index (χ3n) is 5.21. The predicted octanol–water partition coefficient (Wildman–Crippen LogP) is 3.73. The summed E-state index contributed by atoms with van der Waals surface area (Å²) in [5.74, 6) is -2.19. The maximum Gasteiger partial charge on any atom is 0.338 e. The molecule has 0 saturated carbocycles. The molecule has 32 heavy (non-hydrogen) atoms. The SMILES string of the molecule is Cc1ccc(C(=O)[C@@H](C)OC(=O)[C@@H]2CC(=O)N(c3ccc(C(=O)OC(C)C)cc3)C2)cc1. The van der Waals surface area contributed by atoms with Gasteiger partial charge in [0.1, 0.15) is 0 Å². The Balaban J connectivity index is 1.61. The van der Waals surface area contributed by atoms with Crippen LogP contribution in [-0.2, 0) is 19.1 Å². The van der Waals surface area contributed by atoms with E-state index in [4.69, 9.17) is 9.47 Å². The highest BCUT2D eigenvalue weighted by Gasteiger charge is 2.37. The zero-order valence-electron chi connectivity index (χ0n) is 18.7. The van der Waals surface area contributed by atoms with Gasteiger partial charge in [-0.1, -0.05) is 29.8 Å². The molecular weight excluding hydrogens is 410 g/mol. The first kappa shape index (κ1) is 23.2. The van der Waals surface area contributed by atoms with Gasteiger partial charge < -0.3 is 14.4 Å². The van der Waals surface area contributed by atoms with Crippen LogP contribution in [0.5, 0.6) is 0 Å². The third kappa shape index (κ3) is 5.41. The van der Waals surface area contributed by atoms with Crippen LogP contribution in [-0.4, -0.2) is 42.4 Å². The number of carbonyl (C=O) groups is 4. The topological polar surface area (TPSA) is 90.0 Å². The molecule has 0 unspecified atom stereocenters. The normalized spacial score (nSPS) is 16.7. The second kappa shape index (κ2) is 9.77. The van der Waals surface area contributed by atoms with Crippen LogP contribution < -0.4 is 4.90 Å². The van der Waals surface area contributed by atoms with Gasteiger partial charge in [-0.15, -0.1) is 0 Å². The third-order valence-corrected chi connectivity index (χ3v) is 5.21. The minimum Gasteiger partial charge on any atom is -0.459 e. The highest BCUT2D eigenvalue weighted by molar-refractivity contribution is 6.02. The summed E-state index contributed by atoms with van der Waals surface area (Å²) in [7, 11) is 0. The predicted molar refractivity (Wildman–Crippen MR) is 119 cm³/mol. The van der Waals surface area contributed by atoms with Gasteiger partial charge in [0, 0.05) is 24.2 Å². The first-order valence-corrected chi connectivity index (χ1v) is 10.6. The Bertz CT molecular complexity index is 1010. The van der Waals surface area contributed by atoms with Crippen molar-refractivity contribution in [3.05, 3.63) is 65.2 Å². The van der Waals surface area contributed by atoms with Gasteiger partial charge in [0.05, 0.1) is 17.6 Å². The Kier molecular flexibility index (Phi) is 7.08. The number of esters is 2.